The van der Waals surface area contributed by atoms with Crippen molar-refractivity contribution in [1.82, 2.24) is 14.8 Å². The maximum absolute atomic E-state index is 13.2. The number of hydrogen-bond acceptors (Lipinski definition) is 3. The molecule has 1 atom stereocenters. The van der Waals surface area contributed by atoms with Crippen LogP contribution in [0.3, 0.4) is 0 Å². The van der Waals surface area contributed by atoms with Crippen molar-refractivity contribution in [3.8, 4) is 5.69 Å². The van der Waals surface area contributed by atoms with Gasteiger partial charge in [0, 0.05) is 0 Å². The molecule has 8 heteroatoms. The third-order valence-corrected chi connectivity index (χ3v) is 4.86. The van der Waals surface area contributed by atoms with E-state index in [1.165, 1.54) is 23.4 Å². The Morgan fingerprint density at radius 2 is 1.82 bits per heavy atom. The number of carbonyl (C=O) groups excluding carboxylic acids is 1. The first-order chi connectivity index (χ1) is 13.3. The number of nitrogens with one attached hydrogen (secondary N) is 1. The lowest BCUT2D eigenvalue weighted by Gasteiger charge is -2.28. The lowest BCUT2D eigenvalue weighted by molar-refractivity contribution is -0.137. The average Bonchev–Trinajstić information content (AvgIpc) is 3.21. The smallest absolute Gasteiger partial charge is 0.323 e. The number of alkyl halides is 3. The predicted octanol–water partition coefficient (Wildman–Crippen LogP) is 4.59. The Morgan fingerprint density at radius 3 is 2.39 bits per heavy atom. The van der Waals surface area contributed by atoms with Crippen LogP contribution in [0, 0.1) is 0 Å². The van der Waals surface area contributed by atoms with E-state index in [9.17, 15) is 18.0 Å². The highest BCUT2D eigenvalue weighted by Crippen LogP contribution is 2.35. The number of nitrogens with zero attached hydrogens (tertiary/aromatic N) is 3. The summed E-state index contributed by atoms with van der Waals surface area (Å²) in [7, 11) is 0. The van der Waals surface area contributed by atoms with E-state index in [2.05, 4.69) is 15.4 Å². The van der Waals surface area contributed by atoms with Gasteiger partial charge in [-0.3, -0.25) is 4.79 Å². The second kappa shape index (κ2) is 7.46. The van der Waals surface area contributed by atoms with Gasteiger partial charge in [0.05, 0.1) is 22.4 Å². The molecule has 0 aliphatic carbocycles. The highest BCUT2D eigenvalue weighted by Gasteiger charge is 2.35. The van der Waals surface area contributed by atoms with Gasteiger partial charge in [-0.25, -0.2) is 9.67 Å². The standard InChI is InChI=1S/C20H19F3N4O/c1-3-19(2,14-7-5-4-6-8-14)18(28)26-16-11-15(20(21,22)23)9-10-17(16)27-13-24-12-25-27/h4-13H,3H2,1-2H3,(H,26,28). The van der Waals surface area contributed by atoms with Crippen LogP contribution in [0.2, 0.25) is 0 Å². The van der Waals surface area contributed by atoms with Crippen molar-refractivity contribution in [3.05, 3.63) is 72.3 Å². The van der Waals surface area contributed by atoms with Crippen LogP contribution in [-0.4, -0.2) is 20.7 Å². The number of amides is 1. The molecule has 1 N–H and O–H groups in total. The van der Waals surface area contributed by atoms with Crippen molar-refractivity contribution in [3.63, 3.8) is 0 Å². The Bertz CT molecular complexity index is 955. The van der Waals surface area contributed by atoms with Gasteiger partial charge in [-0.1, -0.05) is 37.3 Å². The van der Waals surface area contributed by atoms with Gasteiger partial charge < -0.3 is 5.32 Å². The highest BCUT2D eigenvalue weighted by molar-refractivity contribution is 6.00. The van der Waals surface area contributed by atoms with Gasteiger partial charge in [-0.15, -0.1) is 0 Å². The van der Waals surface area contributed by atoms with Gasteiger partial charge in [-0.05, 0) is 37.1 Å². The van der Waals surface area contributed by atoms with Crippen LogP contribution < -0.4 is 5.32 Å². The minimum absolute atomic E-state index is 0.0148. The third kappa shape index (κ3) is 3.76. The van der Waals surface area contributed by atoms with Crippen LogP contribution >= 0.6 is 0 Å². The second-order valence-corrected chi connectivity index (χ2v) is 6.58. The average molecular weight is 388 g/mol. The summed E-state index contributed by atoms with van der Waals surface area (Å²) >= 11 is 0. The van der Waals surface area contributed by atoms with Gasteiger partial charge in [0.25, 0.3) is 0 Å². The Morgan fingerprint density at radius 1 is 1.11 bits per heavy atom. The zero-order valence-corrected chi connectivity index (χ0v) is 15.4. The van der Waals surface area contributed by atoms with Gasteiger partial charge in [0.15, 0.2) is 0 Å². The van der Waals surface area contributed by atoms with Crippen LogP contribution in [-0.2, 0) is 16.4 Å². The van der Waals surface area contributed by atoms with Gasteiger partial charge in [0.1, 0.15) is 12.7 Å². The largest absolute Gasteiger partial charge is 0.416 e. The number of anilines is 1. The summed E-state index contributed by atoms with van der Waals surface area (Å²) in [6.07, 6.45) is -1.44. The van der Waals surface area contributed by atoms with Crippen molar-refractivity contribution in [1.29, 1.82) is 0 Å². The number of halogens is 3. The van der Waals surface area contributed by atoms with Crippen LogP contribution in [0.4, 0.5) is 18.9 Å². The van der Waals surface area contributed by atoms with E-state index in [0.29, 0.717) is 12.1 Å². The van der Waals surface area contributed by atoms with Crippen molar-refractivity contribution in [2.45, 2.75) is 31.9 Å². The Kier molecular flexibility index (Phi) is 5.22. The molecule has 1 amide bonds. The lowest BCUT2D eigenvalue weighted by Crippen LogP contribution is -2.37. The summed E-state index contributed by atoms with van der Waals surface area (Å²) in [6.45, 7) is 3.62. The molecule has 0 aliphatic rings. The van der Waals surface area contributed by atoms with Crippen molar-refractivity contribution in [2.24, 2.45) is 0 Å². The summed E-state index contributed by atoms with van der Waals surface area (Å²) in [4.78, 5) is 16.9. The Labute approximate surface area is 160 Å². The molecule has 0 saturated carbocycles. The monoisotopic (exact) mass is 388 g/mol. The predicted molar refractivity (Wildman–Crippen MR) is 99.1 cm³/mol. The number of carbonyl (C=O) groups is 1. The van der Waals surface area contributed by atoms with Crippen LogP contribution in [0.25, 0.3) is 5.69 Å². The van der Waals surface area contributed by atoms with E-state index in [-0.39, 0.29) is 5.69 Å². The first kappa shape index (κ1) is 19.6. The molecular weight excluding hydrogens is 369 g/mol. The summed E-state index contributed by atoms with van der Waals surface area (Å²) in [5, 5.41) is 6.63. The molecule has 1 unspecified atom stereocenters. The molecule has 0 saturated heterocycles. The number of hydrogen-bond donors (Lipinski definition) is 1. The number of rotatable bonds is 5. The minimum Gasteiger partial charge on any atom is -0.323 e. The molecule has 28 heavy (non-hydrogen) atoms. The molecule has 0 spiro atoms. The maximum atomic E-state index is 13.2. The topological polar surface area (TPSA) is 59.8 Å². The molecule has 1 aromatic heterocycles. The van der Waals surface area contributed by atoms with Crippen molar-refractivity contribution >= 4 is 11.6 Å². The van der Waals surface area contributed by atoms with E-state index in [4.69, 9.17) is 0 Å². The molecular formula is C20H19F3N4O. The molecule has 0 aliphatic heterocycles. The third-order valence-electron chi connectivity index (χ3n) is 4.86. The second-order valence-electron chi connectivity index (χ2n) is 6.58. The minimum atomic E-state index is -4.53. The van der Waals surface area contributed by atoms with Crippen molar-refractivity contribution < 1.29 is 18.0 Å². The molecule has 3 aromatic rings. The Balaban J connectivity index is 2.03. The van der Waals surface area contributed by atoms with E-state index < -0.39 is 23.1 Å². The first-order valence-electron chi connectivity index (χ1n) is 8.69. The van der Waals surface area contributed by atoms with Gasteiger partial charge in [0.2, 0.25) is 5.91 Å². The molecule has 3 rings (SSSR count). The highest BCUT2D eigenvalue weighted by atomic mass is 19.4. The van der Waals surface area contributed by atoms with E-state index in [1.54, 1.807) is 6.92 Å². The maximum Gasteiger partial charge on any atom is 0.416 e. The van der Waals surface area contributed by atoms with Gasteiger partial charge >= 0.3 is 6.18 Å². The molecule has 2 aromatic carbocycles. The molecule has 0 radical (unpaired) electrons. The van der Waals surface area contributed by atoms with Crippen LogP contribution in [0.1, 0.15) is 31.4 Å². The summed E-state index contributed by atoms with van der Waals surface area (Å²) in [6, 6.07) is 12.3. The fraction of sp³-hybridized carbons (Fsp3) is 0.250. The van der Waals surface area contributed by atoms with E-state index >= 15 is 0 Å². The molecule has 5 nitrogen and oxygen atoms in total. The van der Waals surface area contributed by atoms with Crippen LogP contribution in [0.15, 0.2) is 61.2 Å². The van der Waals surface area contributed by atoms with E-state index in [0.717, 1.165) is 17.7 Å². The normalized spacial score (nSPS) is 13.8. The van der Waals surface area contributed by atoms with E-state index in [1.807, 2.05) is 37.3 Å². The number of benzene rings is 2. The zero-order valence-electron chi connectivity index (χ0n) is 15.4. The first-order valence-corrected chi connectivity index (χ1v) is 8.69. The fourth-order valence-corrected chi connectivity index (χ4v) is 2.91. The fourth-order valence-electron chi connectivity index (χ4n) is 2.91. The molecule has 0 fully saturated rings. The SMILES string of the molecule is CCC(C)(C(=O)Nc1cc(C(F)(F)F)ccc1-n1cncn1)c1ccccc1. The number of aromatic nitrogens is 3. The molecule has 1 heterocycles. The van der Waals surface area contributed by atoms with Crippen molar-refractivity contribution in [2.75, 3.05) is 5.32 Å². The quantitative estimate of drug-likeness (QED) is 0.695. The summed E-state index contributed by atoms with van der Waals surface area (Å²) < 4.78 is 40.9. The molecule has 0 bridgehead atoms. The van der Waals surface area contributed by atoms with Gasteiger partial charge in [-0.2, -0.15) is 18.3 Å². The zero-order chi connectivity index (χ0) is 20.4. The van der Waals surface area contributed by atoms with Crippen LogP contribution in [0.5, 0.6) is 0 Å². The summed E-state index contributed by atoms with van der Waals surface area (Å²) in [5.74, 6) is -0.401. The lowest BCUT2D eigenvalue weighted by atomic mass is 9.79. The summed E-state index contributed by atoms with van der Waals surface area (Å²) in [5.41, 5.74) is -0.671. The Hall–Kier alpha value is -3.16. The molecule has 146 valence electrons.